The number of ketones is 1. The number of hydrogen-bond acceptors (Lipinski definition) is 8. The molecule has 0 saturated carbocycles. The number of nitrogens with one attached hydrogen (secondary N) is 1. The highest BCUT2D eigenvalue weighted by Crippen LogP contribution is 2.31. The maximum absolute atomic E-state index is 13.4. The monoisotopic (exact) mass is 565 g/mol. The highest BCUT2D eigenvalue weighted by Gasteiger charge is 2.23. The summed E-state index contributed by atoms with van der Waals surface area (Å²) in [6.45, 7) is 6.27. The third-order valence-corrected chi connectivity index (χ3v) is 8.36. The molecule has 10 heteroatoms. The van der Waals surface area contributed by atoms with E-state index in [1.165, 1.54) is 17.7 Å². The lowest BCUT2D eigenvalue weighted by Gasteiger charge is -2.19. The summed E-state index contributed by atoms with van der Waals surface area (Å²) in [4.78, 5) is 21.7. The zero-order valence-corrected chi connectivity index (χ0v) is 23.9. The molecule has 204 valence electrons. The molecule has 0 atom stereocenters. The van der Waals surface area contributed by atoms with E-state index >= 15 is 0 Å². The normalized spacial score (nSPS) is 11.7. The number of anilines is 1. The van der Waals surface area contributed by atoms with Crippen molar-refractivity contribution in [2.24, 2.45) is 0 Å². The summed E-state index contributed by atoms with van der Waals surface area (Å²) in [7, 11) is -2.40. The van der Waals surface area contributed by atoms with Crippen LogP contribution in [-0.2, 0) is 21.9 Å². The first-order valence-electron chi connectivity index (χ1n) is 12.4. The number of para-hydroxylation sites is 1. The molecule has 0 spiro atoms. The third-order valence-electron chi connectivity index (χ3n) is 6.09. The number of carbonyl (C=O) groups is 1. The lowest BCUT2D eigenvalue weighted by atomic mass is 9.87. The Morgan fingerprint density at radius 1 is 1.00 bits per heavy atom. The van der Waals surface area contributed by atoms with Crippen LogP contribution in [-0.4, -0.2) is 37.9 Å². The molecule has 4 aromatic rings. The average Bonchev–Trinajstić information content (AvgIpc) is 3.45. The minimum absolute atomic E-state index is 0.0371. The van der Waals surface area contributed by atoms with Crippen molar-refractivity contribution in [3.05, 3.63) is 93.9 Å². The van der Waals surface area contributed by atoms with Crippen molar-refractivity contribution < 1.29 is 22.7 Å². The van der Waals surface area contributed by atoms with Gasteiger partial charge in [-0.3, -0.25) is 9.52 Å². The van der Waals surface area contributed by atoms with E-state index in [0.717, 1.165) is 11.1 Å². The fourth-order valence-corrected chi connectivity index (χ4v) is 5.67. The zero-order chi connectivity index (χ0) is 28.0. The van der Waals surface area contributed by atoms with Crippen LogP contribution in [0, 0.1) is 0 Å². The lowest BCUT2D eigenvalue weighted by molar-refractivity contribution is 0.0965. The fraction of sp³-hybridized carbons (Fsp3) is 0.276. The van der Waals surface area contributed by atoms with Gasteiger partial charge in [-0.05, 0) is 46.2 Å². The number of hydrogen-bond donors (Lipinski definition) is 1. The van der Waals surface area contributed by atoms with Gasteiger partial charge in [-0.15, -0.1) is 11.3 Å². The van der Waals surface area contributed by atoms with Gasteiger partial charge in [0.1, 0.15) is 12.1 Å². The standard InChI is InChI=1S/C29H31N3O5S2/c1-29(2,3)21-11-13-22(14-12-21)39(34,35)32-27-23(18-20-8-5-6-9-25(20)36-4)28(31-19-30-27)37-16-15-24(33)26-10-7-17-38-26/h5-14,17,19H,15-16,18H2,1-4H3,(H,30,31,32). The topological polar surface area (TPSA) is 107 Å². The van der Waals surface area contributed by atoms with Crippen molar-refractivity contribution >= 4 is 33.0 Å². The number of rotatable bonds is 11. The van der Waals surface area contributed by atoms with Crippen LogP contribution in [0.25, 0.3) is 0 Å². The molecule has 2 heterocycles. The van der Waals surface area contributed by atoms with Gasteiger partial charge in [-0.2, -0.15) is 0 Å². The van der Waals surface area contributed by atoms with Crippen LogP contribution in [0.1, 0.15) is 53.6 Å². The van der Waals surface area contributed by atoms with Crippen molar-refractivity contribution in [1.82, 2.24) is 9.97 Å². The Morgan fingerprint density at radius 2 is 1.74 bits per heavy atom. The van der Waals surface area contributed by atoms with Gasteiger partial charge in [0.15, 0.2) is 11.6 Å². The summed E-state index contributed by atoms with van der Waals surface area (Å²) in [5, 5.41) is 1.85. The molecule has 0 saturated heterocycles. The summed E-state index contributed by atoms with van der Waals surface area (Å²) < 4.78 is 40.7. The Hall–Kier alpha value is -3.76. The molecule has 39 heavy (non-hydrogen) atoms. The van der Waals surface area contributed by atoms with E-state index in [0.29, 0.717) is 16.2 Å². The first-order chi connectivity index (χ1) is 18.6. The van der Waals surface area contributed by atoms with Crippen molar-refractivity contribution in [1.29, 1.82) is 0 Å². The summed E-state index contributed by atoms with van der Waals surface area (Å²) in [6, 6.07) is 17.8. The molecule has 0 aliphatic carbocycles. The van der Waals surface area contributed by atoms with Gasteiger partial charge in [0.25, 0.3) is 10.0 Å². The Bertz CT molecular complexity index is 1530. The molecule has 2 aromatic carbocycles. The molecule has 0 aliphatic rings. The second-order valence-corrected chi connectivity index (χ2v) is 12.5. The van der Waals surface area contributed by atoms with Crippen LogP contribution >= 0.6 is 11.3 Å². The Morgan fingerprint density at radius 3 is 2.41 bits per heavy atom. The summed E-state index contributed by atoms with van der Waals surface area (Å²) in [5.41, 5.74) is 2.14. The molecule has 0 amide bonds. The maximum Gasteiger partial charge on any atom is 0.263 e. The van der Waals surface area contributed by atoms with E-state index < -0.39 is 10.0 Å². The number of thiophene rings is 1. The molecule has 0 unspecified atom stereocenters. The van der Waals surface area contributed by atoms with Crippen molar-refractivity contribution in [2.45, 2.75) is 43.9 Å². The van der Waals surface area contributed by atoms with Crippen LogP contribution in [0.3, 0.4) is 0 Å². The molecule has 8 nitrogen and oxygen atoms in total. The van der Waals surface area contributed by atoms with Gasteiger partial charge in [-0.1, -0.05) is 57.2 Å². The van der Waals surface area contributed by atoms with Gasteiger partial charge in [-0.25, -0.2) is 18.4 Å². The Kier molecular flexibility index (Phi) is 8.66. The van der Waals surface area contributed by atoms with E-state index in [9.17, 15) is 13.2 Å². The molecule has 0 fully saturated rings. The van der Waals surface area contributed by atoms with Crippen LogP contribution in [0.5, 0.6) is 11.6 Å². The summed E-state index contributed by atoms with van der Waals surface area (Å²) >= 11 is 1.37. The smallest absolute Gasteiger partial charge is 0.263 e. The van der Waals surface area contributed by atoms with Crippen LogP contribution in [0.4, 0.5) is 5.82 Å². The predicted octanol–water partition coefficient (Wildman–Crippen LogP) is 5.89. The highest BCUT2D eigenvalue weighted by molar-refractivity contribution is 7.92. The van der Waals surface area contributed by atoms with Gasteiger partial charge in [0.05, 0.1) is 29.1 Å². The van der Waals surface area contributed by atoms with Crippen LogP contribution in [0.15, 0.2) is 77.3 Å². The second-order valence-electron chi connectivity index (χ2n) is 9.87. The van der Waals surface area contributed by atoms with Gasteiger partial charge in [0.2, 0.25) is 5.88 Å². The zero-order valence-electron chi connectivity index (χ0n) is 22.3. The SMILES string of the molecule is COc1ccccc1Cc1c(NS(=O)(=O)c2ccc(C(C)(C)C)cc2)ncnc1OCCC(=O)c1cccs1. The van der Waals surface area contributed by atoms with Crippen molar-refractivity contribution in [3.63, 3.8) is 0 Å². The lowest BCUT2D eigenvalue weighted by Crippen LogP contribution is -2.18. The molecule has 2 aromatic heterocycles. The van der Waals surface area contributed by atoms with E-state index in [2.05, 4.69) is 35.5 Å². The third kappa shape index (κ3) is 7.01. The Labute approximate surface area is 233 Å². The first kappa shape index (κ1) is 28.3. The number of benzene rings is 2. The van der Waals surface area contributed by atoms with Gasteiger partial charge >= 0.3 is 0 Å². The van der Waals surface area contributed by atoms with Crippen molar-refractivity contribution in [3.8, 4) is 11.6 Å². The molecule has 4 rings (SSSR count). The minimum atomic E-state index is -3.97. The largest absolute Gasteiger partial charge is 0.496 e. The van der Waals surface area contributed by atoms with Crippen molar-refractivity contribution in [2.75, 3.05) is 18.4 Å². The maximum atomic E-state index is 13.4. The fourth-order valence-electron chi connectivity index (χ4n) is 3.93. The van der Waals surface area contributed by atoms with Gasteiger partial charge < -0.3 is 9.47 Å². The second kappa shape index (κ2) is 12.0. The first-order valence-corrected chi connectivity index (χ1v) is 14.7. The molecule has 0 radical (unpaired) electrons. The van der Waals surface area contributed by atoms with Crippen LogP contribution in [0.2, 0.25) is 0 Å². The molecule has 0 aliphatic heterocycles. The summed E-state index contributed by atoms with van der Waals surface area (Å²) in [5.74, 6) is 0.878. The number of aromatic nitrogens is 2. The minimum Gasteiger partial charge on any atom is -0.496 e. The highest BCUT2D eigenvalue weighted by atomic mass is 32.2. The number of nitrogens with zero attached hydrogens (tertiary/aromatic N) is 2. The quantitative estimate of drug-likeness (QED) is 0.226. The number of sulfonamides is 1. The van der Waals surface area contributed by atoms with Crippen LogP contribution < -0.4 is 14.2 Å². The molecule has 1 N–H and O–H groups in total. The molecular formula is C29H31N3O5S2. The molecule has 0 bridgehead atoms. The number of carbonyl (C=O) groups excluding carboxylic acids is 1. The predicted molar refractivity (Wildman–Crippen MR) is 153 cm³/mol. The molecular weight excluding hydrogens is 534 g/mol. The van der Waals surface area contributed by atoms with E-state index in [-0.39, 0.29) is 47.2 Å². The van der Waals surface area contributed by atoms with E-state index in [4.69, 9.17) is 9.47 Å². The van der Waals surface area contributed by atoms with E-state index in [1.54, 1.807) is 25.3 Å². The number of ether oxygens (including phenoxy) is 2. The number of Topliss-reactive ketones (excluding diaryl/α,β-unsaturated/α-hetero) is 1. The average molecular weight is 566 g/mol. The Balaban J connectivity index is 1.64. The van der Waals surface area contributed by atoms with E-state index in [1.807, 2.05) is 47.8 Å². The number of methoxy groups -OCH3 is 1. The summed E-state index contributed by atoms with van der Waals surface area (Å²) in [6.07, 6.45) is 1.63. The van der Waals surface area contributed by atoms with Gasteiger partial charge in [0, 0.05) is 12.8 Å².